The number of para-hydroxylation sites is 3. The Morgan fingerprint density at radius 1 is 0.486 bits per heavy atom. The van der Waals surface area contributed by atoms with E-state index >= 15 is 0 Å². The molecule has 0 amide bonds. The predicted molar refractivity (Wildman–Crippen MR) is 156 cm³/mol. The molecule has 0 bridgehead atoms. The van der Waals surface area contributed by atoms with Crippen LogP contribution in [0.25, 0.3) is 32.7 Å². The summed E-state index contributed by atoms with van der Waals surface area (Å²) in [5, 5.41) is 4.10. The van der Waals surface area contributed by atoms with E-state index in [1.54, 1.807) is 0 Å². The number of hydrogen-bond acceptors (Lipinski definition) is 0. The second kappa shape index (κ2) is 9.63. The molecule has 3 aromatic heterocycles. The summed E-state index contributed by atoms with van der Waals surface area (Å²) in [5.74, 6) is 0.695. The zero-order chi connectivity index (χ0) is 24.6. The zero-order valence-corrected chi connectivity index (χ0v) is 21.4. The van der Waals surface area contributed by atoms with Crippen molar-refractivity contribution in [1.82, 2.24) is 15.0 Å². The van der Waals surface area contributed by atoms with Crippen LogP contribution >= 0.6 is 0 Å². The van der Waals surface area contributed by atoms with Gasteiger partial charge < -0.3 is 15.0 Å². The second-order valence-electron chi connectivity index (χ2n) is 10.9. The number of H-pyrrole nitrogens is 3. The summed E-state index contributed by atoms with van der Waals surface area (Å²) < 4.78 is 0. The van der Waals surface area contributed by atoms with Crippen molar-refractivity contribution in [2.75, 3.05) is 0 Å². The topological polar surface area (TPSA) is 47.4 Å². The highest BCUT2D eigenvalue weighted by molar-refractivity contribution is 5.90. The lowest BCUT2D eigenvalue weighted by molar-refractivity contribution is 0.528. The largest absolute Gasteiger partial charge is 0.361 e. The van der Waals surface area contributed by atoms with Crippen LogP contribution in [0.4, 0.5) is 0 Å². The van der Waals surface area contributed by atoms with Gasteiger partial charge in [0.1, 0.15) is 0 Å². The van der Waals surface area contributed by atoms with Gasteiger partial charge in [0.25, 0.3) is 0 Å². The van der Waals surface area contributed by atoms with Crippen LogP contribution in [0.3, 0.4) is 0 Å². The van der Waals surface area contributed by atoms with E-state index in [0.717, 1.165) is 0 Å². The van der Waals surface area contributed by atoms with Crippen molar-refractivity contribution in [3.8, 4) is 0 Å². The fourth-order valence-corrected chi connectivity index (χ4v) is 6.91. The molecule has 2 atom stereocenters. The molecule has 37 heavy (non-hydrogen) atoms. The maximum atomic E-state index is 3.99. The normalized spacial score (nSPS) is 19.6. The summed E-state index contributed by atoms with van der Waals surface area (Å²) in [5.41, 5.74) is 9.53. The molecule has 3 N–H and O–H groups in total. The van der Waals surface area contributed by atoms with Gasteiger partial charge in [-0.1, -0.05) is 93.1 Å². The van der Waals surface area contributed by atoms with Gasteiger partial charge in [-0.2, -0.15) is 0 Å². The lowest BCUT2D eigenvalue weighted by Crippen LogP contribution is -2.10. The number of fused-ring (bicyclic) bond motifs is 5. The minimum Gasteiger partial charge on any atom is -0.361 e. The molecule has 6 aromatic rings. The maximum Gasteiger partial charge on any atom is 0.0459 e. The Labute approximate surface area is 218 Å². The first-order valence-corrected chi connectivity index (χ1v) is 14.1. The molecule has 0 saturated carbocycles. The average Bonchev–Trinajstić information content (AvgIpc) is 3.65. The molecular formula is C34H35N3. The van der Waals surface area contributed by atoms with Crippen LogP contribution in [0.1, 0.15) is 85.6 Å². The third-order valence-corrected chi connectivity index (χ3v) is 8.70. The van der Waals surface area contributed by atoms with Gasteiger partial charge in [-0.25, -0.2) is 0 Å². The number of rotatable bonds is 2. The van der Waals surface area contributed by atoms with Gasteiger partial charge in [0, 0.05) is 62.6 Å². The van der Waals surface area contributed by atoms with Crippen LogP contribution < -0.4 is 0 Å². The number of benzene rings is 3. The van der Waals surface area contributed by atoms with Crippen molar-refractivity contribution in [3.63, 3.8) is 0 Å². The first-order valence-electron chi connectivity index (χ1n) is 14.1. The third kappa shape index (κ3) is 3.98. The van der Waals surface area contributed by atoms with E-state index in [-0.39, 0.29) is 0 Å². The highest BCUT2D eigenvalue weighted by Crippen LogP contribution is 2.45. The highest BCUT2D eigenvalue weighted by Gasteiger charge is 2.30. The fraction of sp³-hybridized carbons (Fsp3) is 0.294. The van der Waals surface area contributed by atoms with E-state index in [0.29, 0.717) is 11.8 Å². The molecule has 0 radical (unpaired) electrons. The lowest BCUT2D eigenvalue weighted by atomic mass is 9.79. The lowest BCUT2D eigenvalue weighted by Gasteiger charge is -2.24. The van der Waals surface area contributed by atoms with Gasteiger partial charge in [-0.15, -0.1) is 0 Å². The molecule has 3 heterocycles. The molecule has 0 saturated heterocycles. The second-order valence-corrected chi connectivity index (χ2v) is 10.9. The molecule has 1 aliphatic rings. The molecule has 0 unspecified atom stereocenters. The van der Waals surface area contributed by atoms with Crippen molar-refractivity contribution < 1.29 is 0 Å². The molecule has 1 aliphatic carbocycles. The van der Waals surface area contributed by atoms with E-state index in [1.807, 2.05) is 0 Å². The molecule has 0 aliphatic heterocycles. The van der Waals surface area contributed by atoms with Gasteiger partial charge >= 0.3 is 0 Å². The van der Waals surface area contributed by atoms with Gasteiger partial charge in [-0.3, -0.25) is 0 Å². The van der Waals surface area contributed by atoms with E-state index in [1.165, 1.54) is 106 Å². The first-order chi connectivity index (χ1) is 18.4. The Morgan fingerprint density at radius 2 is 0.973 bits per heavy atom. The molecular weight excluding hydrogens is 450 g/mol. The quantitative estimate of drug-likeness (QED) is 0.219. The van der Waals surface area contributed by atoms with Crippen LogP contribution in [0, 0.1) is 0 Å². The Balaban J connectivity index is 1.48. The van der Waals surface area contributed by atoms with E-state index < -0.39 is 0 Å². The predicted octanol–water partition coefficient (Wildman–Crippen LogP) is 9.53. The molecule has 3 heteroatoms. The molecule has 0 fully saturated rings. The summed E-state index contributed by atoms with van der Waals surface area (Å²) in [7, 11) is 0. The monoisotopic (exact) mass is 485 g/mol. The average molecular weight is 486 g/mol. The van der Waals surface area contributed by atoms with Crippen LogP contribution in [-0.2, 0) is 0 Å². The van der Waals surface area contributed by atoms with Gasteiger partial charge in [0.15, 0.2) is 0 Å². The molecule has 7 rings (SSSR count). The minimum atomic E-state index is 0.339. The van der Waals surface area contributed by atoms with Gasteiger partial charge in [0.2, 0.25) is 0 Å². The molecule has 186 valence electrons. The molecule has 3 nitrogen and oxygen atoms in total. The van der Waals surface area contributed by atoms with Crippen LogP contribution in [0.2, 0.25) is 0 Å². The van der Waals surface area contributed by atoms with Crippen molar-refractivity contribution in [2.24, 2.45) is 0 Å². The summed E-state index contributed by atoms with van der Waals surface area (Å²) in [6.45, 7) is 0. The number of hydrogen-bond donors (Lipinski definition) is 3. The SMILES string of the molecule is c1ccc2c([C@H]3CCCCCCCC[C@@H](c4c[nH]c5ccccc45)c4c3[nH]c3ccccc43)c[nH]c2c1. The Kier molecular flexibility index (Phi) is 5.85. The summed E-state index contributed by atoms with van der Waals surface area (Å²) in [6.07, 6.45) is 14.8. The molecule has 3 aromatic carbocycles. The number of nitrogens with one attached hydrogen (secondary N) is 3. The van der Waals surface area contributed by atoms with Crippen molar-refractivity contribution in [3.05, 3.63) is 108 Å². The Bertz CT molecular complexity index is 1660. The summed E-state index contributed by atoms with van der Waals surface area (Å²) >= 11 is 0. The van der Waals surface area contributed by atoms with Gasteiger partial charge in [0.05, 0.1) is 0 Å². The number of aromatic nitrogens is 3. The third-order valence-electron chi connectivity index (χ3n) is 8.70. The van der Waals surface area contributed by atoms with E-state index in [2.05, 4.69) is 100 Å². The highest BCUT2D eigenvalue weighted by atomic mass is 14.8. The first kappa shape index (κ1) is 22.5. The number of aromatic amines is 3. The van der Waals surface area contributed by atoms with Crippen LogP contribution in [-0.4, -0.2) is 15.0 Å². The van der Waals surface area contributed by atoms with E-state index in [4.69, 9.17) is 0 Å². The minimum absolute atomic E-state index is 0.339. The molecule has 0 spiro atoms. The zero-order valence-electron chi connectivity index (χ0n) is 21.4. The fourth-order valence-electron chi connectivity index (χ4n) is 6.91. The maximum absolute atomic E-state index is 3.99. The van der Waals surface area contributed by atoms with Crippen molar-refractivity contribution >= 4 is 32.7 Å². The standard InChI is InChI=1S/C34H35N3/c1-2-4-6-16-26(29-22-36-31-19-11-8-14-24(29)31)34-33(27-17-9-12-20-32(27)37-34)25(15-5-3-1)28-21-35-30-18-10-7-13-23(28)30/h7-14,17-22,25-26,35-37H,1-6,15-16H2/t25-,26+/m0/s1. The van der Waals surface area contributed by atoms with Crippen molar-refractivity contribution in [1.29, 1.82) is 0 Å². The van der Waals surface area contributed by atoms with Crippen LogP contribution in [0.15, 0.2) is 85.2 Å². The Hall–Kier alpha value is -3.72. The smallest absolute Gasteiger partial charge is 0.0459 e. The summed E-state index contributed by atoms with van der Waals surface area (Å²) in [4.78, 5) is 11.2. The summed E-state index contributed by atoms with van der Waals surface area (Å²) in [6, 6.07) is 26.6. The van der Waals surface area contributed by atoms with Crippen LogP contribution in [0.5, 0.6) is 0 Å². The Morgan fingerprint density at radius 3 is 1.62 bits per heavy atom. The van der Waals surface area contributed by atoms with E-state index in [9.17, 15) is 0 Å². The van der Waals surface area contributed by atoms with Gasteiger partial charge in [-0.05, 0) is 47.7 Å². The van der Waals surface area contributed by atoms with Crippen molar-refractivity contribution in [2.45, 2.75) is 63.2 Å².